The van der Waals surface area contributed by atoms with E-state index in [4.69, 9.17) is 42.6 Å². The van der Waals surface area contributed by atoms with Crippen molar-refractivity contribution in [3.63, 3.8) is 0 Å². The quantitative estimate of drug-likeness (QED) is 0.151. The summed E-state index contributed by atoms with van der Waals surface area (Å²) in [6.45, 7) is -0.805. The third-order valence-electron chi connectivity index (χ3n) is 15.5. The largest absolute Gasteiger partial charge is 0.458 e. The molecule has 9 nitrogen and oxygen atoms in total. The lowest BCUT2D eigenvalue weighted by molar-refractivity contribution is 0.433. The number of para-hydroxylation sites is 3. The van der Waals surface area contributed by atoms with Gasteiger partial charge in [0.25, 0.3) is 20.1 Å². The van der Waals surface area contributed by atoms with E-state index < -0.39 is 0 Å². The van der Waals surface area contributed by atoms with Gasteiger partial charge in [0, 0.05) is 94.6 Å². The van der Waals surface area contributed by atoms with E-state index in [1.165, 1.54) is 0 Å². The molecular weight excluding hydrogens is 1010 g/mol. The van der Waals surface area contributed by atoms with Gasteiger partial charge in [-0.3, -0.25) is 0 Å². The first-order chi connectivity index (χ1) is 38.6. The lowest BCUT2D eigenvalue weighted by atomic mass is 9.31. The summed E-state index contributed by atoms with van der Waals surface area (Å²) in [5.74, 6) is 12.2. The Morgan fingerprint density at radius 2 is 0.577 bits per heavy atom. The molecule has 6 aliphatic heterocycles. The minimum Gasteiger partial charge on any atom is -0.458 e. The van der Waals surface area contributed by atoms with E-state index in [0.717, 1.165) is 79.5 Å². The zero-order valence-corrected chi connectivity index (χ0v) is 42.4. The van der Waals surface area contributed by atoms with Crippen LogP contribution < -0.4 is 90.4 Å². The predicted molar refractivity (Wildman–Crippen MR) is 310 cm³/mol. The van der Waals surface area contributed by atoms with Crippen LogP contribution in [-0.4, -0.2) is 20.1 Å². The maximum Gasteiger partial charge on any atom is 0.273 e. The Balaban J connectivity index is 0.840. The van der Waals surface area contributed by atoms with Crippen molar-refractivity contribution in [1.29, 1.82) is 0 Å². The number of rotatable bonds is 6. The molecule has 0 N–H and O–H groups in total. The first-order valence-corrected chi connectivity index (χ1v) is 27.4. The highest BCUT2D eigenvalue weighted by Crippen LogP contribution is 2.48. The number of ether oxygens (including phenoxy) is 9. The smallest absolute Gasteiger partial charge is 0.273 e. The van der Waals surface area contributed by atoms with Crippen LogP contribution in [0.25, 0.3) is 20.2 Å². The second-order valence-corrected chi connectivity index (χ2v) is 22.3. The topological polar surface area (TPSA) is 83.1 Å². The van der Waals surface area contributed by atoms with Crippen molar-refractivity contribution >= 4 is 111 Å². The zero-order valence-electron chi connectivity index (χ0n) is 40.8. The highest BCUT2D eigenvalue weighted by Gasteiger charge is 2.49. The van der Waals surface area contributed by atoms with Gasteiger partial charge in [-0.2, -0.15) is 0 Å². The van der Waals surface area contributed by atoms with Gasteiger partial charge >= 0.3 is 0 Å². The van der Waals surface area contributed by atoms with E-state index in [1.54, 1.807) is 22.7 Å². The predicted octanol–water partition coefficient (Wildman–Crippen LogP) is 11.7. The normalized spacial score (nSPS) is 13.7. The van der Waals surface area contributed by atoms with E-state index in [0.29, 0.717) is 92.0 Å². The van der Waals surface area contributed by atoms with Crippen molar-refractivity contribution in [3.05, 3.63) is 200 Å². The van der Waals surface area contributed by atoms with Crippen molar-refractivity contribution in [1.82, 2.24) is 0 Å². The molecule has 10 aromatic carbocycles. The Kier molecular flexibility index (Phi) is 8.78. The summed E-state index contributed by atoms with van der Waals surface area (Å²) in [6, 6.07) is 66.7. The molecule has 18 rings (SSSR count). The summed E-state index contributed by atoms with van der Waals surface area (Å²) < 4.78 is 66.3. The fourth-order valence-electron chi connectivity index (χ4n) is 12.3. The van der Waals surface area contributed by atoms with Crippen LogP contribution in [0.1, 0.15) is 0 Å². The van der Waals surface area contributed by atoms with Gasteiger partial charge in [-0.25, -0.2) is 0 Å². The Bertz CT molecular complexity index is 4320. The van der Waals surface area contributed by atoms with E-state index in [1.807, 2.05) is 127 Å². The molecule has 78 heavy (non-hydrogen) atoms. The van der Waals surface area contributed by atoms with E-state index in [9.17, 15) is 0 Å². The highest BCUT2D eigenvalue weighted by molar-refractivity contribution is 7.33. The minimum absolute atomic E-state index is 0.228. The van der Waals surface area contributed by atoms with Crippen LogP contribution >= 0.6 is 22.7 Å². The SMILES string of the molecule is c1ccc(Oc2cc3c4c(c2)Oc2cc5c(cc2B4c2cc4c(cc2O3)Oc2cc(Oc3ccccc3)cc3c2B4c2sc4ccccc4c2O3)B2c3sc4ccccc4c3Oc3cc(Oc4ccccc4)cc(c32)O5)cc1. The van der Waals surface area contributed by atoms with Crippen LogP contribution in [0, 0.1) is 0 Å². The molecule has 0 amide bonds. The third kappa shape index (κ3) is 6.32. The van der Waals surface area contributed by atoms with Gasteiger partial charge in [-0.15, -0.1) is 22.7 Å². The molecule has 0 bridgehead atoms. The molecule has 12 aromatic rings. The van der Waals surface area contributed by atoms with Crippen LogP contribution in [0.3, 0.4) is 0 Å². The average Bonchev–Trinajstić information content (AvgIpc) is 3.75. The number of hydrogen-bond donors (Lipinski definition) is 0. The molecule has 0 fully saturated rings. The molecule has 14 heteroatoms. The highest BCUT2D eigenvalue weighted by atomic mass is 32.1. The minimum atomic E-state index is -0.350. The van der Waals surface area contributed by atoms with Gasteiger partial charge in [-0.05, 0) is 82.5 Å². The fraction of sp³-hybridized carbons (Fsp3) is 0. The zero-order chi connectivity index (χ0) is 50.7. The summed E-state index contributed by atoms with van der Waals surface area (Å²) in [7, 11) is 0. The molecule has 0 aliphatic carbocycles. The summed E-state index contributed by atoms with van der Waals surface area (Å²) >= 11 is 3.51. The van der Waals surface area contributed by atoms with Gasteiger partial charge in [0.15, 0.2) is 0 Å². The first kappa shape index (κ1) is 42.7. The van der Waals surface area contributed by atoms with Crippen molar-refractivity contribution in [2.75, 3.05) is 0 Å². The van der Waals surface area contributed by atoms with Crippen LogP contribution in [0.4, 0.5) is 0 Å². The lowest BCUT2D eigenvalue weighted by Gasteiger charge is -2.37. The van der Waals surface area contributed by atoms with Crippen LogP contribution in [0.2, 0.25) is 0 Å². The third-order valence-corrected chi connectivity index (χ3v) is 18.0. The summed E-state index contributed by atoms with van der Waals surface area (Å²) in [6.07, 6.45) is 0. The Morgan fingerprint density at radius 3 is 0.949 bits per heavy atom. The molecule has 6 aliphatic rings. The maximum absolute atomic E-state index is 7.12. The fourth-order valence-corrected chi connectivity index (χ4v) is 14.8. The molecule has 0 radical (unpaired) electrons. The van der Waals surface area contributed by atoms with E-state index in [-0.39, 0.29) is 20.1 Å². The summed E-state index contributed by atoms with van der Waals surface area (Å²) in [5, 5.41) is 2.12. The molecule has 0 saturated carbocycles. The molecule has 0 atom stereocenters. The Labute approximate surface area is 454 Å². The number of benzene rings is 10. The standard InChI is InChI=1S/C64H33B3O9S2/c1-4-14-34(15-5-1)68-37-24-50-58-51(25-37)72-47-33-49-45(67-60-53(74-49)27-39(70-36-18-8-3-9-19-36)29-55(60)76-62-41-21-11-13-23-57(41)78-64(62)67)31-43(47)65(58)42-30-44-48(32-46(42)71-50)73-52-26-38(69-35-16-6-2-7-17-35)28-54-59(52)66(44)63-61(75-54)40-20-10-12-22-56(40)77-63/h1-33H. The number of fused-ring (bicyclic) bond motifs is 16. The molecule has 2 aromatic heterocycles. The van der Waals surface area contributed by atoms with Gasteiger partial charge < -0.3 is 42.6 Å². The van der Waals surface area contributed by atoms with Gasteiger partial charge in [-0.1, -0.05) is 91.0 Å². The molecular formula is C64H33B3O9S2. The molecule has 0 saturated heterocycles. The van der Waals surface area contributed by atoms with Gasteiger partial charge in [0.2, 0.25) is 0 Å². The summed E-state index contributed by atoms with van der Waals surface area (Å²) in [4.78, 5) is 0. The van der Waals surface area contributed by atoms with E-state index >= 15 is 0 Å². The molecule has 0 spiro atoms. The van der Waals surface area contributed by atoms with Crippen molar-refractivity contribution < 1.29 is 42.6 Å². The number of thiophene rings is 2. The van der Waals surface area contributed by atoms with E-state index in [2.05, 4.69) is 72.8 Å². The van der Waals surface area contributed by atoms with Crippen molar-refractivity contribution in [3.8, 4) is 103 Å². The lowest BCUT2D eigenvalue weighted by Crippen LogP contribution is -2.62. The Hall–Kier alpha value is -9.49. The van der Waals surface area contributed by atoms with Crippen LogP contribution in [0.5, 0.6) is 103 Å². The Morgan fingerprint density at radius 1 is 0.269 bits per heavy atom. The maximum atomic E-state index is 7.12. The summed E-state index contributed by atoms with van der Waals surface area (Å²) in [5.41, 5.74) is 6.77. The second-order valence-electron chi connectivity index (χ2n) is 20.1. The first-order valence-electron chi connectivity index (χ1n) is 25.7. The average molecular weight is 1040 g/mol. The van der Waals surface area contributed by atoms with Gasteiger partial charge in [0.05, 0.1) is 0 Å². The second kappa shape index (κ2) is 16.0. The number of hydrogen-bond acceptors (Lipinski definition) is 11. The monoisotopic (exact) mass is 1040 g/mol. The van der Waals surface area contributed by atoms with Gasteiger partial charge in [0.1, 0.15) is 103 Å². The van der Waals surface area contributed by atoms with Crippen LogP contribution in [0.15, 0.2) is 200 Å². The van der Waals surface area contributed by atoms with Crippen molar-refractivity contribution in [2.24, 2.45) is 0 Å². The molecule has 364 valence electrons. The molecule has 0 unspecified atom stereocenters. The van der Waals surface area contributed by atoms with Crippen LogP contribution in [-0.2, 0) is 0 Å². The van der Waals surface area contributed by atoms with Crippen molar-refractivity contribution in [2.45, 2.75) is 0 Å². The molecule has 8 heterocycles.